The van der Waals surface area contributed by atoms with Crippen molar-refractivity contribution in [3.8, 4) is 0 Å². The highest BCUT2D eigenvalue weighted by molar-refractivity contribution is 6.38. The van der Waals surface area contributed by atoms with Gasteiger partial charge in [-0.3, -0.25) is 10.2 Å². The van der Waals surface area contributed by atoms with Gasteiger partial charge in [-0.05, 0) is 24.7 Å². The van der Waals surface area contributed by atoms with Crippen molar-refractivity contribution >= 4 is 17.7 Å². The summed E-state index contributed by atoms with van der Waals surface area (Å²) in [5, 5.41) is 7.62. The van der Waals surface area contributed by atoms with Gasteiger partial charge in [0.05, 0.1) is 19.6 Å². The zero-order valence-electron chi connectivity index (χ0n) is 16.6. The van der Waals surface area contributed by atoms with Crippen LogP contribution in [0.4, 0.5) is 0 Å². The zero-order valence-corrected chi connectivity index (χ0v) is 16.6. The van der Waals surface area contributed by atoms with E-state index in [1.165, 1.54) is 12.8 Å². The molecule has 5 nitrogen and oxygen atoms in total. The second kappa shape index (κ2) is 14.9. The van der Waals surface area contributed by atoms with Crippen molar-refractivity contribution in [3.63, 3.8) is 0 Å². The normalized spacial score (nSPS) is 11.0. The monoisotopic (exact) mass is 355 g/mol. The third-order valence-corrected chi connectivity index (χ3v) is 3.92. The number of unbranched alkanes of at least 4 members (excludes halogenated alkanes) is 4. The molecule has 0 aromatic heterocycles. The van der Waals surface area contributed by atoms with Gasteiger partial charge in [0.2, 0.25) is 0 Å². The molecule has 0 radical (unpaired) electrons. The number of esters is 2. The molecule has 0 amide bonds. The van der Waals surface area contributed by atoms with E-state index < -0.39 is 11.9 Å². The van der Waals surface area contributed by atoms with Crippen molar-refractivity contribution in [3.05, 3.63) is 0 Å². The fourth-order valence-electron chi connectivity index (χ4n) is 2.37. The third-order valence-electron chi connectivity index (χ3n) is 3.92. The molecule has 0 aliphatic heterocycles. The molecule has 25 heavy (non-hydrogen) atoms. The van der Waals surface area contributed by atoms with E-state index in [1.54, 1.807) is 0 Å². The van der Waals surface area contributed by atoms with Gasteiger partial charge in [0.15, 0.2) is 0 Å². The summed E-state index contributed by atoms with van der Waals surface area (Å²) in [6.45, 7) is 9.42. The van der Waals surface area contributed by atoms with Crippen LogP contribution in [-0.4, -0.2) is 30.9 Å². The highest BCUT2D eigenvalue weighted by Crippen LogP contribution is 2.09. The van der Waals surface area contributed by atoms with Gasteiger partial charge in [-0.2, -0.15) is 0 Å². The van der Waals surface area contributed by atoms with Gasteiger partial charge in [0, 0.05) is 0 Å². The Labute approximate surface area is 153 Å². The van der Waals surface area contributed by atoms with Crippen LogP contribution < -0.4 is 0 Å². The minimum absolute atomic E-state index is 0.307. The Hall–Kier alpha value is -1.39. The molecular formula is C20H37NO4. The molecule has 0 heterocycles. The molecule has 1 N–H and O–H groups in total. The summed E-state index contributed by atoms with van der Waals surface area (Å²) in [6.07, 6.45) is 7.97. The molecule has 0 atom stereocenters. The van der Waals surface area contributed by atoms with Gasteiger partial charge >= 0.3 is 11.9 Å². The van der Waals surface area contributed by atoms with Gasteiger partial charge in [-0.25, -0.2) is 4.79 Å². The van der Waals surface area contributed by atoms with E-state index in [0.717, 1.165) is 38.5 Å². The Bertz CT molecular complexity index is 391. The molecule has 0 spiro atoms. The minimum atomic E-state index is -0.710. The molecule has 0 saturated carbocycles. The van der Waals surface area contributed by atoms with E-state index in [4.69, 9.17) is 14.9 Å². The van der Waals surface area contributed by atoms with Crippen LogP contribution in [0.15, 0.2) is 0 Å². The van der Waals surface area contributed by atoms with Gasteiger partial charge < -0.3 is 9.47 Å². The molecule has 0 aliphatic rings. The fourth-order valence-corrected chi connectivity index (χ4v) is 2.37. The molecule has 0 saturated heterocycles. The quantitative estimate of drug-likeness (QED) is 0.257. The summed E-state index contributed by atoms with van der Waals surface area (Å²) in [4.78, 5) is 23.3. The first-order valence-corrected chi connectivity index (χ1v) is 9.73. The first kappa shape index (κ1) is 23.6. The number of carbonyl (C=O) groups is 2. The predicted octanol–water partition coefficient (Wildman–Crippen LogP) is 4.92. The van der Waals surface area contributed by atoms with Crippen molar-refractivity contribution in [1.82, 2.24) is 0 Å². The lowest BCUT2D eigenvalue weighted by atomic mass is 10.1. The van der Waals surface area contributed by atoms with Crippen LogP contribution in [-0.2, 0) is 19.1 Å². The molecule has 0 unspecified atom stereocenters. The third kappa shape index (κ3) is 15.9. The fraction of sp³-hybridized carbons (Fsp3) is 0.850. The van der Waals surface area contributed by atoms with E-state index in [9.17, 15) is 9.59 Å². The van der Waals surface area contributed by atoms with E-state index in [0.29, 0.717) is 25.0 Å². The number of hydrogen-bond donors (Lipinski definition) is 1. The lowest BCUT2D eigenvalue weighted by Crippen LogP contribution is -2.21. The largest absolute Gasteiger partial charge is 0.465 e. The molecule has 5 heteroatoms. The Balaban J connectivity index is 3.64. The molecule has 0 rings (SSSR count). The van der Waals surface area contributed by atoms with Gasteiger partial charge in [-0.15, -0.1) is 0 Å². The van der Waals surface area contributed by atoms with Gasteiger partial charge in [-0.1, -0.05) is 66.2 Å². The van der Waals surface area contributed by atoms with Gasteiger partial charge in [0.25, 0.3) is 0 Å². The Morgan fingerprint density at radius 2 is 1.24 bits per heavy atom. The molecular weight excluding hydrogens is 318 g/mol. The molecule has 0 bridgehead atoms. The number of carbonyl (C=O) groups excluding carboxylic acids is 2. The molecule has 0 fully saturated rings. The van der Waals surface area contributed by atoms with Crippen LogP contribution in [0.2, 0.25) is 0 Å². The Kier molecular flexibility index (Phi) is 14.1. The average molecular weight is 356 g/mol. The smallest absolute Gasteiger partial charge is 0.352 e. The number of ether oxygens (including phenoxy) is 2. The van der Waals surface area contributed by atoms with E-state index in [-0.39, 0.29) is 12.1 Å². The summed E-state index contributed by atoms with van der Waals surface area (Å²) in [5.74, 6) is 0.154. The number of rotatable bonds is 15. The first-order valence-electron chi connectivity index (χ1n) is 9.73. The van der Waals surface area contributed by atoms with Crippen LogP contribution >= 0.6 is 0 Å². The van der Waals surface area contributed by atoms with Gasteiger partial charge in [0.1, 0.15) is 5.71 Å². The summed E-state index contributed by atoms with van der Waals surface area (Å²) < 4.78 is 10.1. The SMILES string of the molecule is CC(C)CCCCCOC(=O)CC(=N)C(=O)OCCCCCC(C)C. The molecule has 0 aromatic carbocycles. The summed E-state index contributed by atoms with van der Waals surface area (Å²) in [5.41, 5.74) is -0.327. The van der Waals surface area contributed by atoms with Crippen LogP contribution in [0, 0.1) is 17.2 Å². The molecule has 0 aromatic rings. The van der Waals surface area contributed by atoms with Crippen molar-refractivity contribution < 1.29 is 19.1 Å². The van der Waals surface area contributed by atoms with Crippen LogP contribution in [0.1, 0.15) is 85.5 Å². The van der Waals surface area contributed by atoms with Crippen LogP contribution in [0.25, 0.3) is 0 Å². The van der Waals surface area contributed by atoms with E-state index >= 15 is 0 Å². The highest BCUT2D eigenvalue weighted by atomic mass is 16.5. The van der Waals surface area contributed by atoms with Crippen LogP contribution in [0.3, 0.4) is 0 Å². The first-order chi connectivity index (χ1) is 11.8. The van der Waals surface area contributed by atoms with Crippen molar-refractivity contribution in [2.45, 2.75) is 85.5 Å². The van der Waals surface area contributed by atoms with Crippen molar-refractivity contribution in [1.29, 1.82) is 5.41 Å². The van der Waals surface area contributed by atoms with Crippen molar-refractivity contribution in [2.75, 3.05) is 13.2 Å². The maximum absolute atomic E-state index is 11.6. The second-order valence-corrected chi connectivity index (χ2v) is 7.50. The van der Waals surface area contributed by atoms with Crippen molar-refractivity contribution in [2.24, 2.45) is 11.8 Å². The highest BCUT2D eigenvalue weighted by Gasteiger charge is 2.16. The van der Waals surface area contributed by atoms with E-state index in [1.807, 2.05) is 0 Å². The summed E-state index contributed by atoms with van der Waals surface area (Å²) in [7, 11) is 0. The average Bonchev–Trinajstić information content (AvgIpc) is 2.53. The molecule has 146 valence electrons. The number of nitrogens with one attached hydrogen (secondary N) is 1. The lowest BCUT2D eigenvalue weighted by Gasteiger charge is -2.08. The van der Waals surface area contributed by atoms with Crippen LogP contribution in [0.5, 0.6) is 0 Å². The molecule has 0 aliphatic carbocycles. The topological polar surface area (TPSA) is 76.5 Å². The zero-order chi connectivity index (χ0) is 19.1. The standard InChI is InChI=1S/C20H37NO4/c1-16(2)11-7-5-9-13-24-19(22)15-18(21)20(23)25-14-10-6-8-12-17(3)4/h16-17,21H,5-15H2,1-4H3. The predicted molar refractivity (Wildman–Crippen MR) is 101 cm³/mol. The summed E-state index contributed by atoms with van der Waals surface area (Å²) >= 11 is 0. The Morgan fingerprint density at radius 3 is 1.72 bits per heavy atom. The Morgan fingerprint density at radius 1 is 0.760 bits per heavy atom. The summed E-state index contributed by atoms with van der Waals surface area (Å²) in [6, 6.07) is 0. The number of hydrogen-bond acceptors (Lipinski definition) is 5. The lowest BCUT2D eigenvalue weighted by molar-refractivity contribution is -0.144. The second-order valence-electron chi connectivity index (χ2n) is 7.50. The van der Waals surface area contributed by atoms with E-state index in [2.05, 4.69) is 27.7 Å². The maximum Gasteiger partial charge on any atom is 0.352 e. The maximum atomic E-state index is 11.6. The minimum Gasteiger partial charge on any atom is -0.465 e.